The Morgan fingerprint density at radius 2 is 1.95 bits per heavy atom. The molecule has 0 radical (unpaired) electrons. The Balaban J connectivity index is 2.63. The number of hydrogen-bond donors (Lipinski definition) is 2. The van der Waals surface area contributed by atoms with Crippen LogP contribution in [0.25, 0.3) is 0 Å². The molecule has 4 nitrogen and oxygen atoms in total. The summed E-state index contributed by atoms with van der Waals surface area (Å²) in [4.78, 5) is 12.3. The van der Waals surface area contributed by atoms with Gasteiger partial charge in [-0.2, -0.15) is 0 Å². The minimum Gasteiger partial charge on any atom is -0.494 e. The van der Waals surface area contributed by atoms with Crippen LogP contribution in [0, 0.1) is 5.92 Å². The van der Waals surface area contributed by atoms with E-state index < -0.39 is 5.92 Å². The largest absolute Gasteiger partial charge is 0.494 e. The zero-order valence-corrected chi connectivity index (χ0v) is 12.8. The summed E-state index contributed by atoms with van der Waals surface area (Å²) in [6.07, 6.45) is 2.49. The Kier molecular flexibility index (Phi) is 7.01. The molecule has 0 saturated heterocycles. The summed E-state index contributed by atoms with van der Waals surface area (Å²) < 4.78 is 5.49. The van der Waals surface area contributed by atoms with E-state index in [1.807, 2.05) is 31.2 Å². The van der Waals surface area contributed by atoms with E-state index in [9.17, 15) is 4.79 Å². The minimum atomic E-state index is -0.411. The summed E-state index contributed by atoms with van der Waals surface area (Å²) in [5.41, 5.74) is 6.33. The molecule has 1 aromatic carbocycles. The molecule has 1 aromatic rings. The van der Waals surface area contributed by atoms with Gasteiger partial charge in [0.2, 0.25) is 5.91 Å². The fraction of sp³-hybridized carbons (Fsp3) is 0.467. The molecule has 0 aromatic heterocycles. The molecule has 0 heterocycles. The topological polar surface area (TPSA) is 64.3 Å². The quantitative estimate of drug-likeness (QED) is 0.723. The van der Waals surface area contributed by atoms with Crippen LogP contribution in [0.2, 0.25) is 0 Å². The Bertz CT molecular complexity index is 446. The number of ether oxygens (including phenoxy) is 1. The number of thiocarbonyl (C=S) groups is 1. The van der Waals surface area contributed by atoms with Gasteiger partial charge in [-0.3, -0.25) is 4.79 Å². The predicted octanol–water partition coefficient (Wildman–Crippen LogP) is 3.12. The van der Waals surface area contributed by atoms with Gasteiger partial charge in [0, 0.05) is 5.69 Å². The van der Waals surface area contributed by atoms with Crippen molar-refractivity contribution in [2.45, 2.75) is 33.1 Å². The van der Waals surface area contributed by atoms with Crippen molar-refractivity contribution in [3.8, 4) is 5.75 Å². The number of carbonyl (C=O) groups excluding carboxylic acids is 1. The molecule has 0 spiro atoms. The summed E-state index contributed by atoms with van der Waals surface area (Å²) in [7, 11) is 0. The zero-order chi connectivity index (χ0) is 15.0. The van der Waals surface area contributed by atoms with E-state index in [0.717, 1.165) is 24.3 Å². The molecule has 5 heteroatoms. The van der Waals surface area contributed by atoms with Gasteiger partial charge in [-0.05, 0) is 37.1 Å². The van der Waals surface area contributed by atoms with Crippen LogP contribution in [0.3, 0.4) is 0 Å². The third kappa shape index (κ3) is 5.17. The molecular weight excluding hydrogens is 272 g/mol. The Morgan fingerprint density at radius 1 is 1.30 bits per heavy atom. The monoisotopic (exact) mass is 294 g/mol. The fourth-order valence-corrected chi connectivity index (χ4v) is 2.00. The first-order valence-electron chi connectivity index (χ1n) is 6.91. The zero-order valence-electron chi connectivity index (χ0n) is 12.0. The molecule has 1 amide bonds. The van der Waals surface area contributed by atoms with Crippen LogP contribution in [-0.2, 0) is 4.79 Å². The number of amides is 1. The molecule has 0 saturated carbocycles. The number of nitrogens with one attached hydrogen (secondary N) is 1. The highest BCUT2D eigenvalue weighted by atomic mass is 32.1. The van der Waals surface area contributed by atoms with Crippen LogP contribution < -0.4 is 15.8 Å². The number of hydrogen-bond acceptors (Lipinski definition) is 3. The van der Waals surface area contributed by atoms with Crippen molar-refractivity contribution < 1.29 is 9.53 Å². The van der Waals surface area contributed by atoms with Gasteiger partial charge in [-0.15, -0.1) is 0 Å². The normalized spacial score (nSPS) is 11.7. The van der Waals surface area contributed by atoms with Gasteiger partial charge >= 0.3 is 0 Å². The van der Waals surface area contributed by atoms with Crippen molar-refractivity contribution in [3.63, 3.8) is 0 Å². The molecule has 3 N–H and O–H groups in total. The summed E-state index contributed by atoms with van der Waals surface area (Å²) in [5, 5.41) is 2.83. The number of anilines is 1. The van der Waals surface area contributed by atoms with Gasteiger partial charge in [0.1, 0.15) is 5.75 Å². The lowest BCUT2D eigenvalue weighted by Crippen LogP contribution is -2.33. The number of benzene rings is 1. The average molecular weight is 294 g/mol. The molecule has 0 aliphatic heterocycles. The molecule has 0 aliphatic carbocycles. The molecule has 1 unspecified atom stereocenters. The maximum absolute atomic E-state index is 12.1. The minimum absolute atomic E-state index is 0.151. The first-order valence-corrected chi connectivity index (χ1v) is 7.32. The standard InChI is InChI=1S/C15H22N2O2S/c1-3-5-13(14(16)20)15(18)17-11-6-8-12(9-7-11)19-10-4-2/h6-9,13H,3-5,10H2,1-2H3,(H2,16,20)(H,17,18). The third-order valence-electron chi connectivity index (χ3n) is 2.83. The van der Waals surface area contributed by atoms with Crippen LogP contribution in [0.1, 0.15) is 33.1 Å². The van der Waals surface area contributed by atoms with Gasteiger partial charge in [-0.25, -0.2) is 0 Å². The Labute approximate surface area is 125 Å². The van der Waals surface area contributed by atoms with E-state index in [1.165, 1.54) is 0 Å². The fourth-order valence-electron chi connectivity index (χ4n) is 1.78. The number of carbonyl (C=O) groups is 1. The van der Waals surface area contributed by atoms with E-state index in [0.29, 0.717) is 13.0 Å². The third-order valence-corrected chi connectivity index (χ3v) is 3.12. The van der Waals surface area contributed by atoms with Crippen LogP contribution in [-0.4, -0.2) is 17.5 Å². The maximum atomic E-state index is 12.1. The summed E-state index contributed by atoms with van der Waals surface area (Å²) >= 11 is 4.94. The lowest BCUT2D eigenvalue weighted by atomic mass is 10.0. The van der Waals surface area contributed by atoms with Gasteiger partial charge in [0.25, 0.3) is 0 Å². The van der Waals surface area contributed by atoms with Crippen LogP contribution in [0.15, 0.2) is 24.3 Å². The van der Waals surface area contributed by atoms with Crippen molar-refractivity contribution in [3.05, 3.63) is 24.3 Å². The molecular formula is C15H22N2O2S. The van der Waals surface area contributed by atoms with Crippen LogP contribution in [0.4, 0.5) is 5.69 Å². The summed E-state index contributed by atoms with van der Waals surface area (Å²) in [6.45, 7) is 4.74. The SMILES string of the molecule is CCCOc1ccc(NC(=O)C(CCC)C(N)=S)cc1. The average Bonchev–Trinajstić information content (AvgIpc) is 2.43. The van der Waals surface area contributed by atoms with Crippen molar-refractivity contribution in [1.82, 2.24) is 0 Å². The van der Waals surface area contributed by atoms with E-state index in [2.05, 4.69) is 12.2 Å². The van der Waals surface area contributed by atoms with Crippen molar-refractivity contribution in [2.75, 3.05) is 11.9 Å². The highest BCUT2D eigenvalue weighted by molar-refractivity contribution is 7.80. The summed E-state index contributed by atoms with van der Waals surface area (Å²) in [6, 6.07) is 7.29. The molecule has 20 heavy (non-hydrogen) atoms. The number of nitrogens with two attached hydrogens (primary N) is 1. The smallest absolute Gasteiger partial charge is 0.234 e. The lowest BCUT2D eigenvalue weighted by Gasteiger charge is -2.14. The highest BCUT2D eigenvalue weighted by Gasteiger charge is 2.20. The van der Waals surface area contributed by atoms with E-state index in [4.69, 9.17) is 22.7 Å². The molecule has 1 atom stereocenters. The van der Waals surface area contributed by atoms with Gasteiger partial charge in [0.05, 0.1) is 17.5 Å². The summed E-state index contributed by atoms with van der Waals surface area (Å²) in [5.74, 6) is 0.233. The first-order chi connectivity index (χ1) is 9.58. The molecule has 110 valence electrons. The molecule has 1 rings (SSSR count). The molecule has 0 bridgehead atoms. The lowest BCUT2D eigenvalue weighted by molar-refractivity contribution is -0.118. The maximum Gasteiger partial charge on any atom is 0.234 e. The van der Waals surface area contributed by atoms with Gasteiger partial charge in [-0.1, -0.05) is 32.5 Å². The highest BCUT2D eigenvalue weighted by Crippen LogP contribution is 2.17. The molecule has 0 aliphatic rings. The Hall–Kier alpha value is -1.62. The van der Waals surface area contributed by atoms with Gasteiger partial charge in [0.15, 0.2) is 0 Å². The second kappa shape index (κ2) is 8.53. The van der Waals surface area contributed by atoms with E-state index in [-0.39, 0.29) is 10.9 Å². The Morgan fingerprint density at radius 3 is 2.45 bits per heavy atom. The van der Waals surface area contributed by atoms with E-state index in [1.54, 1.807) is 0 Å². The van der Waals surface area contributed by atoms with Crippen LogP contribution in [0.5, 0.6) is 5.75 Å². The predicted molar refractivity (Wildman–Crippen MR) is 86.0 cm³/mol. The van der Waals surface area contributed by atoms with Crippen molar-refractivity contribution in [2.24, 2.45) is 11.7 Å². The second-order valence-corrected chi connectivity index (χ2v) is 5.08. The first kappa shape index (κ1) is 16.4. The second-order valence-electron chi connectivity index (χ2n) is 4.61. The van der Waals surface area contributed by atoms with Crippen molar-refractivity contribution in [1.29, 1.82) is 0 Å². The van der Waals surface area contributed by atoms with E-state index >= 15 is 0 Å². The molecule has 0 fully saturated rings. The number of rotatable bonds is 8. The van der Waals surface area contributed by atoms with Crippen LogP contribution >= 0.6 is 12.2 Å². The van der Waals surface area contributed by atoms with Crippen molar-refractivity contribution >= 4 is 28.8 Å². The van der Waals surface area contributed by atoms with Gasteiger partial charge < -0.3 is 15.8 Å².